The molecule has 5 heteroatoms. The molecule has 2 aromatic carbocycles. The monoisotopic (exact) mass is 334 g/mol. The first-order chi connectivity index (χ1) is 11.6. The maximum Gasteiger partial charge on any atom is 0.158 e. The highest BCUT2D eigenvalue weighted by molar-refractivity contribution is 6.32. The third-order valence-corrected chi connectivity index (χ3v) is 4.38. The minimum atomic E-state index is 0.437. The molecule has 0 atom stereocenters. The van der Waals surface area contributed by atoms with Crippen LogP contribution in [0.2, 0.25) is 5.02 Å². The smallest absolute Gasteiger partial charge is 0.158 e. The second-order valence-electron chi connectivity index (χ2n) is 5.68. The Kier molecular flexibility index (Phi) is 3.54. The lowest BCUT2D eigenvalue weighted by molar-refractivity contribution is 1.09. The SMILES string of the molecule is C=C1C(C)=NN=C2CN=C(c3ccccc3)c3cc(Cl)ccc3N12. The summed E-state index contributed by atoms with van der Waals surface area (Å²) in [6.45, 7) is 6.51. The van der Waals surface area contributed by atoms with E-state index in [4.69, 9.17) is 16.6 Å². The summed E-state index contributed by atoms with van der Waals surface area (Å²) >= 11 is 6.27. The van der Waals surface area contributed by atoms with Crippen LogP contribution >= 0.6 is 11.6 Å². The van der Waals surface area contributed by atoms with E-state index in [0.717, 1.165) is 39.8 Å². The maximum atomic E-state index is 6.27. The lowest BCUT2D eigenvalue weighted by Crippen LogP contribution is -2.36. The predicted molar refractivity (Wildman–Crippen MR) is 101 cm³/mol. The number of nitrogens with zero attached hydrogens (tertiary/aromatic N) is 4. The molecule has 0 fully saturated rings. The predicted octanol–water partition coefficient (Wildman–Crippen LogP) is 4.30. The summed E-state index contributed by atoms with van der Waals surface area (Å²) in [5, 5.41) is 9.19. The van der Waals surface area contributed by atoms with Gasteiger partial charge in [0.05, 0.1) is 22.8 Å². The standard InChI is InChI=1S/C19H15ClN4/c1-12-13(2)24-17-9-8-15(20)10-16(17)19(14-6-4-3-5-7-14)21-11-18(24)23-22-12/h3-10H,2,11H2,1H3. The number of hydrogen-bond acceptors (Lipinski definition) is 4. The Morgan fingerprint density at radius 2 is 1.88 bits per heavy atom. The summed E-state index contributed by atoms with van der Waals surface area (Å²) in [5.74, 6) is 0.764. The molecule has 0 unspecified atom stereocenters. The van der Waals surface area contributed by atoms with Crippen LogP contribution in [-0.4, -0.2) is 23.8 Å². The number of hydrogen-bond donors (Lipinski definition) is 0. The summed E-state index contributed by atoms with van der Waals surface area (Å²) < 4.78 is 0. The number of amidine groups is 1. The van der Waals surface area contributed by atoms with Crippen LogP contribution < -0.4 is 4.90 Å². The molecule has 2 aliphatic rings. The molecule has 2 aliphatic heterocycles. The fourth-order valence-electron chi connectivity index (χ4n) is 2.91. The number of aliphatic imine (C=N–C) groups is 1. The van der Waals surface area contributed by atoms with Gasteiger partial charge in [0.25, 0.3) is 0 Å². The van der Waals surface area contributed by atoms with Crippen LogP contribution in [0.3, 0.4) is 0 Å². The number of fused-ring (bicyclic) bond motifs is 3. The zero-order valence-electron chi connectivity index (χ0n) is 13.2. The molecule has 0 aliphatic carbocycles. The fraction of sp³-hybridized carbons (Fsp3) is 0.105. The van der Waals surface area contributed by atoms with Crippen LogP contribution in [0.1, 0.15) is 18.1 Å². The van der Waals surface area contributed by atoms with Gasteiger partial charge in [-0.1, -0.05) is 48.5 Å². The molecule has 4 nitrogen and oxygen atoms in total. The summed E-state index contributed by atoms with van der Waals surface area (Å²) in [6, 6.07) is 15.9. The molecule has 0 saturated heterocycles. The molecule has 2 aromatic rings. The molecular formula is C19H15ClN4. The first-order valence-corrected chi connectivity index (χ1v) is 8.03. The van der Waals surface area contributed by atoms with Gasteiger partial charge in [0.1, 0.15) is 6.54 Å². The van der Waals surface area contributed by atoms with E-state index >= 15 is 0 Å². The molecule has 118 valence electrons. The van der Waals surface area contributed by atoms with Crippen LogP contribution in [0, 0.1) is 0 Å². The Morgan fingerprint density at radius 3 is 2.67 bits per heavy atom. The highest BCUT2D eigenvalue weighted by Crippen LogP contribution is 2.33. The minimum Gasteiger partial charge on any atom is -0.293 e. The molecule has 0 bridgehead atoms. The van der Waals surface area contributed by atoms with Gasteiger partial charge in [-0.3, -0.25) is 9.89 Å². The molecule has 0 radical (unpaired) electrons. The largest absolute Gasteiger partial charge is 0.293 e. The van der Waals surface area contributed by atoms with E-state index < -0.39 is 0 Å². The number of rotatable bonds is 1. The summed E-state index contributed by atoms with van der Waals surface area (Å²) in [7, 11) is 0. The van der Waals surface area contributed by atoms with Crippen LogP contribution in [0.25, 0.3) is 0 Å². The van der Waals surface area contributed by atoms with Gasteiger partial charge in [-0.2, -0.15) is 5.10 Å². The van der Waals surface area contributed by atoms with E-state index in [2.05, 4.69) is 16.8 Å². The number of halogens is 1. The molecule has 0 N–H and O–H groups in total. The van der Waals surface area contributed by atoms with Crippen molar-refractivity contribution in [2.45, 2.75) is 6.92 Å². The number of anilines is 1. The van der Waals surface area contributed by atoms with Crippen molar-refractivity contribution < 1.29 is 0 Å². The Hall–Kier alpha value is -2.72. The second kappa shape index (κ2) is 5.73. The average Bonchev–Trinajstić information content (AvgIpc) is 2.76. The number of allylic oxidation sites excluding steroid dienone is 1. The van der Waals surface area contributed by atoms with Gasteiger partial charge >= 0.3 is 0 Å². The molecule has 0 saturated carbocycles. The van der Waals surface area contributed by atoms with Crippen molar-refractivity contribution in [3.05, 3.63) is 77.0 Å². The second-order valence-corrected chi connectivity index (χ2v) is 6.11. The van der Waals surface area contributed by atoms with Crippen molar-refractivity contribution in [2.24, 2.45) is 15.2 Å². The first-order valence-electron chi connectivity index (χ1n) is 7.65. The van der Waals surface area contributed by atoms with Gasteiger partial charge in [-0.05, 0) is 25.1 Å². The van der Waals surface area contributed by atoms with Crippen molar-refractivity contribution >= 4 is 34.5 Å². The van der Waals surface area contributed by atoms with Crippen molar-refractivity contribution in [1.29, 1.82) is 0 Å². The summed E-state index contributed by atoms with van der Waals surface area (Å²) in [4.78, 5) is 6.82. The summed E-state index contributed by atoms with van der Waals surface area (Å²) in [6.07, 6.45) is 0. The van der Waals surface area contributed by atoms with Gasteiger partial charge < -0.3 is 0 Å². The van der Waals surface area contributed by atoms with E-state index in [9.17, 15) is 0 Å². The highest BCUT2D eigenvalue weighted by atomic mass is 35.5. The molecule has 2 heterocycles. The lowest BCUT2D eigenvalue weighted by Gasteiger charge is -2.29. The van der Waals surface area contributed by atoms with Gasteiger partial charge in [-0.15, -0.1) is 5.10 Å². The number of benzene rings is 2. The third-order valence-electron chi connectivity index (χ3n) is 4.14. The zero-order chi connectivity index (χ0) is 16.7. The first kappa shape index (κ1) is 14.8. The molecule has 0 aromatic heterocycles. The van der Waals surface area contributed by atoms with E-state index in [1.54, 1.807) is 0 Å². The maximum absolute atomic E-state index is 6.27. The Bertz CT molecular complexity index is 926. The topological polar surface area (TPSA) is 40.3 Å². The van der Waals surface area contributed by atoms with Gasteiger partial charge in [0.2, 0.25) is 0 Å². The minimum absolute atomic E-state index is 0.437. The lowest BCUT2D eigenvalue weighted by atomic mass is 10.00. The quantitative estimate of drug-likeness (QED) is 0.766. The fourth-order valence-corrected chi connectivity index (χ4v) is 3.08. The molecule has 0 spiro atoms. The Balaban J connectivity index is 1.96. The average molecular weight is 335 g/mol. The Morgan fingerprint density at radius 1 is 1.08 bits per heavy atom. The van der Waals surface area contributed by atoms with E-state index in [0.29, 0.717) is 11.6 Å². The van der Waals surface area contributed by atoms with Gasteiger partial charge in [-0.25, -0.2) is 0 Å². The molecule has 4 rings (SSSR count). The van der Waals surface area contributed by atoms with Crippen LogP contribution in [0.15, 0.2) is 76.0 Å². The molecule has 24 heavy (non-hydrogen) atoms. The third kappa shape index (κ3) is 2.36. The molecule has 0 amide bonds. The van der Waals surface area contributed by atoms with Crippen molar-refractivity contribution in [3.8, 4) is 0 Å². The van der Waals surface area contributed by atoms with Crippen LogP contribution in [-0.2, 0) is 0 Å². The van der Waals surface area contributed by atoms with E-state index in [1.165, 1.54) is 0 Å². The highest BCUT2D eigenvalue weighted by Gasteiger charge is 2.28. The normalized spacial score (nSPS) is 16.5. The van der Waals surface area contributed by atoms with Gasteiger partial charge in [0.15, 0.2) is 5.84 Å². The van der Waals surface area contributed by atoms with Crippen molar-refractivity contribution in [3.63, 3.8) is 0 Å². The van der Waals surface area contributed by atoms with Crippen LogP contribution in [0.4, 0.5) is 5.69 Å². The van der Waals surface area contributed by atoms with Crippen molar-refractivity contribution in [2.75, 3.05) is 11.4 Å². The van der Waals surface area contributed by atoms with Gasteiger partial charge in [0, 0.05) is 16.1 Å². The van der Waals surface area contributed by atoms with Crippen LogP contribution in [0.5, 0.6) is 0 Å². The summed E-state index contributed by atoms with van der Waals surface area (Å²) in [5.41, 5.74) is 5.49. The zero-order valence-corrected chi connectivity index (χ0v) is 14.0. The molecular weight excluding hydrogens is 320 g/mol. The van der Waals surface area contributed by atoms with Crippen molar-refractivity contribution in [1.82, 2.24) is 0 Å². The van der Waals surface area contributed by atoms with E-state index in [1.807, 2.05) is 60.4 Å². The van der Waals surface area contributed by atoms with E-state index in [-0.39, 0.29) is 0 Å². The Labute approximate surface area is 145 Å².